The predicted octanol–water partition coefficient (Wildman–Crippen LogP) is 6.84. The van der Waals surface area contributed by atoms with Crippen molar-refractivity contribution in [2.45, 2.75) is 45.7 Å². The van der Waals surface area contributed by atoms with Crippen molar-refractivity contribution in [3.8, 4) is 0 Å². The highest BCUT2D eigenvalue weighted by Gasteiger charge is 2.17. The van der Waals surface area contributed by atoms with Crippen LogP contribution >= 0.6 is 36.4 Å². The second kappa shape index (κ2) is 11.0. The minimum absolute atomic E-state index is 0. The molecule has 2 N–H and O–H groups in total. The smallest absolute Gasteiger partial charge is 0.0737 e. The van der Waals surface area contributed by atoms with Crippen molar-refractivity contribution in [3.05, 3.63) is 70.9 Å². The molecule has 0 fully saturated rings. The van der Waals surface area contributed by atoms with Crippen LogP contribution in [0.5, 0.6) is 0 Å². The molecule has 2 aromatic carbocycles. The fourth-order valence-corrected chi connectivity index (χ4v) is 3.18. The molecular weight excluding hydrogens is 425 g/mol. The summed E-state index contributed by atoms with van der Waals surface area (Å²) in [6.45, 7) is 10.5. The van der Waals surface area contributed by atoms with E-state index in [4.69, 9.17) is 11.6 Å². The van der Waals surface area contributed by atoms with Gasteiger partial charge >= 0.3 is 0 Å². The molecule has 0 aliphatic rings. The molecule has 0 bridgehead atoms. The van der Waals surface area contributed by atoms with Gasteiger partial charge < -0.3 is 10.6 Å². The Bertz CT molecular complexity index is 909. The first-order chi connectivity index (χ1) is 12.8. The van der Waals surface area contributed by atoms with Gasteiger partial charge in [-0.3, -0.25) is 4.98 Å². The lowest BCUT2D eigenvalue weighted by molar-refractivity contribution is 0.407. The number of nitrogens with zero attached hydrogens (tertiary/aromatic N) is 1. The Morgan fingerprint density at radius 1 is 1.00 bits per heavy atom. The summed E-state index contributed by atoms with van der Waals surface area (Å²) in [6.07, 6.45) is 1.82. The molecule has 0 unspecified atom stereocenters. The third-order valence-corrected chi connectivity index (χ3v) is 5.08. The fourth-order valence-electron chi connectivity index (χ4n) is 3.02. The lowest BCUT2D eigenvalue weighted by atomic mass is 10.0. The van der Waals surface area contributed by atoms with Crippen LogP contribution in [0.4, 0.5) is 5.69 Å². The molecule has 0 amide bonds. The third kappa shape index (κ3) is 7.04. The van der Waals surface area contributed by atoms with E-state index in [2.05, 4.69) is 67.6 Å². The number of halogens is 3. The number of pyridine rings is 1. The first-order valence-corrected chi connectivity index (χ1v) is 9.84. The monoisotopic (exact) mass is 453 g/mol. The number of hydrogen-bond acceptors (Lipinski definition) is 3. The summed E-state index contributed by atoms with van der Waals surface area (Å²) in [4.78, 5) is 4.40. The second-order valence-corrected chi connectivity index (χ2v) is 8.44. The van der Waals surface area contributed by atoms with Gasteiger partial charge in [-0.1, -0.05) is 49.7 Å². The fraction of sp³-hybridized carbons (Fsp3) is 0.348. The van der Waals surface area contributed by atoms with Crippen molar-refractivity contribution in [1.29, 1.82) is 0 Å². The van der Waals surface area contributed by atoms with E-state index in [1.807, 2.05) is 30.5 Å². The molecule has 1 heterocycles. The quantitative estimate of drug-likeness (QED) is 0.410. The normalized spacial score (nSPS) is 11.1. The van der Waals surface area contributed by atoms with Gasteiger partial charge in [0.05, 0.1) is 5.52 Å². The summed E-state index contributed by atoms with van der Waals surface area (Å²) in [6, 6.07) is 16.7. The van der Waals surface area contributed by atoms with Crippen LogP contribution in [-0.2, 0) is 6.54 Å². The largest absolute Gasteiger partial charge is 0.383 e. The average Bonchev–Trinajstić information content (AvgIpc) is 2.65. The maximum Gasteiger partial charge on any atom is 0.0737 e. The van der Waals surface area contributed by atoms with Crippen LogP contribution in [0.25, 0.3) is 10.9 Å². The number of rotatable bonds is 7. The Morgan fingerprint density at radius 3 is 2.34 bits per heavy atom. The maximum atomic E-state index is 6.08. The van der Waals surface area contributed by atoms with E-state index in [0.717, 1.165) is 29.7 Å². The van der Waals surface area contributed by atoms with Crippen molar-refractivity contribution < 1.29 is 0 Å². The third-order valence-electron chi connectivity index (χ3n) is 4.84. The van der Waals surface area contributed by atoms with Gasteiger partial charge in [0.1, 0.15) is 0 Å². The number of hydrogen-bond donors (Lipinski definition) is 2. The zero-order valence-electron chi connectivity index (χ0n) is 17.3. The topological polar surface area (TPSA) is 37.0 Å². The molecule has 6 heteroatoms. The Morgan fingerprint density at radius 2 is 1.69 bits per heavy atom. The number of anilines is 1. The van der Waals surface area contributed by atoms with Gasteiger partial charge in [-0.25, -0.2) is 0 Å². The van der Waals surface area contributed by atoms with Crippen molar-refractivity contribution >= 4 is 53.0 Å². The molecule has 3 rings (SSSR count). The molecule has 0 saturated heterocycles. The Balaban J connectivity index is 0.00000210. The molecular formula is C23H30Cl3N3. The standard InChI is InChI=1S/C23H28ClN3.2ClH/c1-16(2)18-7-5-17(6-8-18)14-27-23(3,4)15-26-21-11-12-25-22-13-19(24)9-10-20(21)22;;/h5-13,16,27H,14-15H2,1-4H3,(H,25,26);2*1H. The van der Waals surface area contributed by atoms with Gasteiger partial charge in [0.2, 0.25) is 0 Å². The second-order valence-electron chi connectivity index (χ2n) is 8.01. The molecule has 0 spiro atoms. The van der Waals surface area contributed by atoms with Gasteiger partial charge in [-0.2, -0.15) is 0 Å². The molecule has 29 heavy (non-hydrogen) atoms. The van der Waals surface area contributed by atoms with E-state index >= 15 is 0 Å². The summed E-state index contributed by atoms with van der Waals surface area (Å²) in [5.74, 6) is 0.567. The van der Waals surface area contributed by atoms with Gasteiger partial charge in [0.25, 0.3) is 0 Å². The molecule has 0 radical (unpaired) electrons. The highest BCUT2D eigenvalue weighted by molar-refractivity contribution is 6.31. The Labute approximate surface area is 191 Å². The SMILES string of the molecule is CC(C)c1ccc(CNC(C)(C)CNc2ccnc3cc(Cl)ccc23)cc1.Cl.Cl. The number of aromatic nitrogens is 1. The number of nitrogens with one attached hydrogen (secondary N) is 2. The van der Waals surface area contributed by atoms with E-state index in [-0.39, 0.29) is 30.4 Å². The van der Waals surface area contributed by atoms with Gasteiger partial charge in [0, 0.05) is 40.9 Å². The molecule has 3 nitrogen and oxygen atoms in total. The van der Waals surface area contributed by atoms with Crippen LogP contribution in [0.15, 0.2) is 54.7 Å². The average molecular weight is 455 g/mol. The predicted molar refractivity (Wildman–Crippen MR) is 131 cm³/mol. The lowest BCUT2D eigenvalue weighted by Gasteiger charge is -2.28. The van der Waals surface area contributed by atoms with E-state index in [1.54, 1.807) is 0 Å². The first kappa shape index (κ1) is 25.5. The van der Waals surface area contributed by atoms with E-state index in [0.29, 0.717) is 10.9 Å². The molecule has 3 aromatic rings. The van der Waals surface area contributed by atoms with E-state index < -0.39 is 0 Å². The maximum absolute atomic E-state index is 6.08. The lowest BCUT2D eigenvalue weighted by Crippen LogP contribution is -2.44. The first-order valence-electron chi connectivity index (χ1n) is 9.46. The molecule has 0 aliphatic heterocycles. The van der Waals surface area contributed by atoms with Crippen molar-refractivity contribution in [2.75, 3.05) is 11.9 Å². The molecule has 0 atom stereocenters. The van der Waals surface area contributed by atoms with Crippen LogP contribution < -0.4 is 10.6 Å². The highest BCUT2D eigenvalue weighted by Crippen LogP contribution is 2.25. The molecule has 0 aliphatic carbocycles. The van der Waals surface area contributed by atoms with Gasteiger partial charge in [-0.15, -0.1) is 24.8 Å². The number of fused-ring (bicyclic) bond motifs is 1. The minimum Gasteiger partial charge on any atom is -0.383 e. The van der Waals surface area contributed by atoms with E-state index in [9.17, 15) is 0 Å². The summed E-state index contributed by atoms with van der Waals surface area (Å²) < 4.78 is 0. The summed E-state index contributed by atoms with van der Waals surface area (Å²) in [5.41, 5.74) is 4.61. The van der Waals surface area contributed by atoms with Crippen LogP contribution in [0.3, 0.4) is 0 Å². The number of benzene rings is 2. The van der Waals surface area contributed by atoms with Gasteiger partial charge in [-0.05, 0) is 55.2 Å². The summed E-state index contributed by atoms with van der Waals surface area (Å²) >= 11 is 6.08. The van der Waals surface area contributed by atoms with Gasteiger partial charge in [0.15, 0.2) is 0 Å². The van der Waals surface area contributed by atoms with Crippen LogP contribution in [0, 0.1) is 0 Å². The Kier molecular flexibility index (Phi) is 9.70. The van der Waals surface area contributed by atoms with E-state index in [1.165, 1.54) is 11.1 Å². The van der Waals surface area contributed by atoms with Crippen LogP contribution in [-0.4, -0.2) is 17.1 Å². The molecule has 0 saturated carbocycles. The van der Waals surface area contributed by atoms with Crippen molar-refractivity contribution in [2.24, 2.45) is 0 Å². The molecule has 1 aromatic heterocycles. The van der Waals surface area contributed by atoms with Crippen LogP contribution in [0.2, 0.25) is 5.02 Å². The van der Waals surface area contributed by atoms with Crippen LogP contribution in [0.1, 0.15) is 44.7 Å². The zero-order chi connectivity index (χ0) is 19.4. The highest BCUT2D eigenvalue weighted by atomic mass is 35.5. The minimum atomic E-state index is -0.0568. The molecule has 158 valence electrons. The van der Waals surface area contributed by atoms with Crippen molar-refractivity contribution in [1.82, 2.24) is 10.3 Å². The Hall–Kier alpha value is -1.52. The van der Waals surface area contributed by atoms with Crippen molar-refractivity contribution in [3.63, 3.8) is 0 Å². The zero-order valence-corrected chi connectivity index (χ0v) is 19.7. The summed E-state index contributed by atoms with van der Waals surface area (Å²) in [5, 5.41) is 9.01. The summed E-state index contributed by atoms with van der Waals surface area (Å²) in [7, 11) is 0.